The highest BCUT2D eigenvalue weighted by Gasteiger charge is 2.20. The third kappa shape index (κ3) is 5.98. The summed E-state index contributed by atoms with van der Waals surface area (Å²) in [5, 5.41) is 2.74. The molecule has 0 heterocycles. The summed E-state index contributed by atoms with van der Waals surface area (Å²) in [5.41, 5.74) is 1.28. The fourth-order valence-corrected chi connectivity index (χ4v) is 2.05. The number of benzene rings is 1. The van der Waals surface area contributed by atoms with Gasteiger partial charge in [0.25, 0.3) is 0 Å². The van der Waals surface area contributed by atoms with Crippen molar-refractivity contribution in [2.24, 2.45) is 5.92 Å². The molecule has 4 heteroatoms. The lowest BCUT2D eigenvalue weighted by atomic mass is 10.1. The first-order chi connectivity index (χ1) is 9.91. The second kappa shape index (κ2) is 8.45. The Hall–Kier alpha value is -1.84. The number of hydrogen-bond donors (Lipinski definition) is 1. The zero-order valence-electron chi connectivity index (χ0n) is 13.4. The second-order valence-corrected chi connectivity index (χ2v) is 5.73. The van der Waals surface area contributed by atoms with Gasteiger partial charge in [0.05, 0.1) is 0 Å². The van der Waals surface area contributed by atoms with Gasteiger partial charge in [0.2, 0.25) is 11.8 Å². The summed E-state index contributed by atoms with van der Waals surface area (Å²) in [6.45, 7) is 6.05. The zero-order valence-corrected chi connectivity index (χ0v) is 13.4. The van der Waals surface area contributed by atoms with E-state index in [1.807, 2.05) is 32.0 Å². The number of nitrogens with one attached hydrogen (secondary N) is 1. The van der Waals surface area contributed by atoms with Crippen molar-refractivity contribution >= 4 is 11.8 Å². The van der Waals surface area contributed by atoms with Crippen LogP contribution in [-0.2, 0) is 16.0 Å². The van der Waals surface area contributed by atoms with E-state index in [9.17, 15) is 9.59 Å². The largest absolute Gasteiger partial charge is 0.344 e. The molecule has 2 amide bonds. The molecule has 1 rings (SSSR count). The Balaban J connectivity index is 2.35. The van der Waals surface area contributed by atoms with E-state index in [1.165, 1.54) is 5.56 Å². The average molecular weight is 290 g/mol. The van der Waals surface area contributed by atoms with Crippen LogP contribution in [0.5, 0.6) is 0 Å². The first-order valence-corrected chi connectivity index (χ1v) is 7.51. The summed E-state index contributed by atoms with van der Waals surface area (Å²) >= 11 is 0. The molecule has 1 N–H and O–H groups in total. The first-order valence-electron chi connectivity index (χ1n) is 7.51. The third-order valence-electron chi connectivity index (χ3n) is 3.43. The second-order valence-electron chi connectivity index (χ2n) is 5.73. The van der Waals surface area contributed by atoms with E-state index in [0.29, 0.717) is 6.54 Å². The predicted molar refractivity (Wildman–Crippen MR) is 84.8 cm³/mol. The van der Waals surface area contributed by atoms with Gasteiger partial charge >= 0.3 is 0 Å². The Morgan fingerprint density at radius 3 is 2.33 bits per heavy atom. The number of likely N-dealkylation sites (N-methyl/N-ethyl adjacent to an activating group) is 1. The van der Waals surface area contributed by atoms with Crippen LogP contribution >= 0.6 is 0 Å². The zero-order chi connectivity index (χ0) is 15.8. The molecule has 0 saturated heterocycles. The molecule has 0 aliphatic rings. The van der Waals surface area contributed by atoms with Crippen molar-refractivity contribution in [2.45, 2.75) is 39.7 Å². The van der Waals surface area contributed by atoms with Crippen LogP contribution in [0.3, 0.4) is 0 Å². The molecule has 4 nitrogen and oxygen atoms in total. The van der Waals surface area contributed by atoms with E-state index < -0.39 is 6.04 Å². The summed E-state index contributed by atoms with van der Waals surface area (Å²) in [6.07, 6.45) is 1.86. The number of aryl methyl sites for hydroxylation is 1. The van der Waals surface area contributed by atoms with Crippen LogP contribution < -0.4 is 5.32 Å². The molecule has 116 valence electrons. The van der Waals surface area contributed by atoms with E-state index in [1.54, 1.807) is 18.9 Å². The predicted octanol–water partition coefficient (Wildman–Crippen LogP) is 2.24. The molecule has 1 unspecified atom stereocenters. The molecular weight excluding hydrogens is 264 g/mol. The molecule has 1 aromatic carbocycles. The number of carbonyl (C=O) groups is 2. The molecule has 0 aliphatic heterocycles. The maximum atomic E-state index is 12.2. The summed E-state index contributed by atoms with van der Waals surface area (Å²) in [7, 11) is 1.78. The number of amides is 2. The monoisotopic (exact) mass is 290 g/mol. The van der Waals surface area contributed by atoms with E-state index in [4.69, 9.17) is 0 Å². The SMILES string of the molecule is CC(C)C(=O)NC(C)C(=O)N(C)CCCc1ccccc1. The molecule has 0 aromatic heterocycles. The Bertz CT molecular complexity index is 457. The van der Waals surface area contributed by atoms with Crippen molar-refractivity contribution < 1.29 is 9.59 Å². The molecule has 0 saturated carbocycles. The maximum absolute atomic E-state index is 12.2. The number of nitrogens with zero attached hydrogens (tertiary/aromatic N) is 1. The minimum Gasteiger partial charge on any atom is -0.344 e. The van der Waals surface area contributed by atoms with E-state index in [0.717, 1.165) is 12.8 Å². The molecule has 0 spiro atoms. The van der Waals surface area contributed by atoms with Crippen molar-refractivity contribution in [1.82, 2.24) is 10.2 Å². The van der Waals surface area contributed by atoms with Crippen LogP contribution in [0.15, 0.2) is 30.3 Å². The van der Waals surface area contributed by atoms with Gasteiger partial charge in [0.15, 0.2) is 0 Å². The van der Waals surface area contributed by atoms with Crippen molar-refractivity contribution in [3.05, 3.63) is 35.9 Å². The fourth-order valence-electron chi connectivity index (χ4n) is 2.05. The minimum atomic E-state index is -0.471. The summed E-state index contributed by atoms with van der Waals surface area (Å²) in [5.74, 6) is -0.241. The van der Waals surface area contributed by atoms with Crippen LogP contribution in [0, 0.1) is 5.92 Å². The van der Waals surface area contributed by atoms with Crippen LogP contribution in [0.4, 0.5) is 0 Å². The Morgan fingerprint density at radius 2 is 1.76 bits per heavy atom. The van der Waals surface area contributed by atoms with E-state index in [2.05, 4.69) is 17.4 Å². The van der Waals surface area contributed by atoms with E-state index >= 15 is 0 Å². The van der Waals surface area contributed by atoms with Crippen LogP contribution in [0.1, 0.15) is 32.8 Å². The fraction of sp³-hybridized carbons (Fsp3) is 0.529. The number of rotatable bonds is 7. The lowest BCUT2D eigenvalue weighted by molar-refractivity contribution is -0.135. The lowest BCUT2D eigenvalue weighted by Gasteiger charge is -2.22. The van der Waals surface area contributed by atoms with Gasteiger partial charge in [0, 0.05) is 19.5 Å². The van der Waals surface area contributed by atoms with Crippen molar-refractivity contribution in [3.63, 3.8) is 0 Å². The Morgan fingerprint density at radius 1 is 1.14 bits per heavy atom. The molecule has 0 radical (unpaired) electrons. The molecule has 0 bridgehead atoms. The third-order valence-corrected chi connectivity index (χ3v) is 3.43. The highest BCUT2D eigenvalue weighted by atomic mass is 16.2. The van der Waals surface area contributed by atoms with Gasteiger partial charge in [-0.3, -0.25) is 9.59 Å². The van der Waals surface area contributed by atoms with E-state index in [-0.39, 0.29) is 17.7 Å². The molecule has 1 atom stereocenters. The molecule has 21 heavy (non-hydrogen) atoms. The van der Waals surface area contributed by atoms with Gasteiger partial charge in [-0.05, 0) is 25.3 Å². The Labute approximate surface area is 127 Å². The van der Waals surface area contributed by atoms with Crippen LogP contribution in [0.25, 0.3) is 0 Å². The van der Waals surface area contributed by atoms with Gasteiger partial charge in [-0.15, -0.1) is 0 Å². The standard InChI is InChI=1S/C17H26N2O2/c1-13(2)16(20)18-14(3)17(21)19(4)12-8-11-15-9-6-5-7-10-15/h5-7,9-10,13-14H,8,11-12H2,1-4H3,(H,18,20). The maximum Gasteiger partial charge on any atom is 0.244 e. The van der Waals surface area contributed by atoms with Crippen molar-refractivity contribution in [1.29, 1.82) is 0 Å². The van der Waals surface area contributed by atoms with Gasteiger partial charge < -0.3 is 10.2 Å². The topological polar surface area (TPSA) is 49.4 Å². The van der Waals surface area contributed by atoms with Crippen molar-refractivity contribution in [2.75, 3.05) is 13.6 Å². The van der Waals surface area contributed by atoms with Gasteiger partial charge in [-0.1, -0.05) is 44.2 Å². The molecular formula is C17H26N2O2. The van der Waals surface area contributed by atoms with Gasteiger partial charge in [-0.25, -0.2) is 0 Å². The highest BCUT2D eigenvalue weighted by Crippen LogP contribution is 2.04. The smallest absolute Gasteiger partial charge is 0.244 e. The molecule has 1 aromatic rings. The molecule has 0 aliphatic carbocycles. The quantitative estimate of drug-likeness (QED) is 0.837. The van der Waals surface area contributed by atoms with Crippen LogP contribution in [0.2, 0.25) is 0 Å². The number of carbonyl (C=O) groups excluding carboxylic acids is 2. The lowest BCUT2D eigenvalue weighted by Crippen LogP contribution is -2.46. The summed E-state index contributed by atoms with van der Waals surface area (Å²) in [6, 6.07) is 9.75. The van der Waals surface area contributed by atoms with Crippen LogP contribution in [-0.4, -0.2) is 36.3 Å². The van der Waals surface area contributed by atoms with Crippen molar-refractivity contribution in [3.8, 4) is 0 Å². The number of hydrogen-bond acceptors (Lipinski definition) is 2. The first kappa shape index (κ1) is 17.2. The Kier molecular flexibility index (Phi) is 6.92. The summed E-state index contributed by atoms with van der Waals surface area (Å²) < 4.78 is 0. The summed E-state index contributed by atoms with van der Waals surface area (Å²) in [4.78, 5) is 25.4. The normalized spacial score (nSPS) is 12.0. The van der Waals surface area contributed by atoms with Gasteiger partial charge in [-0.2, -0.15) is 0 Å². The highest BCUT2D eigenvalue weighted by molar-refractivity contribution is 5.87. The van der Waals surface area contributed by atoms with Gasteiger partial charge in [0.1, 0.15) is 6.04 Å². The molecule has 0 fully saturated rings. The minimum absolute atomic E-state index is 0.0444. The average Bonchev–Trinajstić information content (AvgIpc) is 2.47.